The standard InChI is InChI=1S/C24H38O7/c1-17(2)5-7-21(23(28)29)13-20(16-27)10-12-31-24(30)22(8-6-18(3)4)14-19(15-26)9-11-25/h5-6,13-14,21-22,25-27H,7-12,15-16H2,1-4H3,(H,28,29). The molecule has 7 nitrogen and oxygen atoms in total. The van der Waals surface area contributed by atoms with Crippen LogP contribution in [0.4, 0.5) is 0 Å². The van der Waals surface area contributed by atoms with E-state index in [0.717, 1.165) is 11.1 Å². The maximum absolute atomic E-state index is 12.6. The quantitative estimate of drug-likeness (QED) is 0.229. The lowest BCUT2D eigenvalue weighted by molar-refractivity contribution is -0.146. The van der Waals surface area contributed by atoms with Gasteiger partial charge in [-0.15, -0.1) is 0 Å². The minimum Gasteiger partial charge on any atom is -0.481 e. The van der Waals surface area contributed by atoms with Gasteiger partial charge in [-0.1, -0.05) is 35.5 Å². The van der Waals surface area contributed by atoms with Crippen LogP contribution in [-0.2, 0) is 14.3 Å². The summed E-state index contributed by atoms with van der Waals surface area (Å²) in [5, 5.41) is 37.5. The summed E-state index contributed by atoms with van der Waals surface area (Å²) >= 11 is 0. The number of rotatable bonds is 15. The highest BCUT2D eigenvalue weighted by Gasteiger charge is 2.18. The molecule has 176 valence electrons. The molecule has 4 N–H and O–H groups in total. The Morgan fingerprint density at radius 2 is 1.29 bits per heavy atom. The van der Waals surface area contributed by atoms with E-state index in [0.29, 0.717) is 24.0 Å². The number of carboxylic acid groups (broad SMARTS) is 1. The van der Waals surface area contributed by atoms with Gasteiger partial charge in [-0.2, -0.15) is 0 Å². The molecule has 0 spiro atoms. The molecule has 0 aromatic carbocycles. The Morgan fingerprint density at radius 1 is 0.806 bits per heavy atom. The average molecular weight is 439 g/mol. The van der Waals surface area contributed by atoms with E-state index in [1.807, 2.05) is 39.8 Å². The van der Waals surface area contributed by atoms with Crippen molar-refractivity contribution in [3.05, 3.63) is 46.6 Å². The Labute approximate surface area is 185 Å². The highest BCUT2D eigenvalue weighted by atomic mass is 16.5. The van der Waals surface area contributed by atoms with Gasteiger partial charge in [0.25, 0.3) is 0 Å². The summed E-state index contributed by atoms with van der Waals surface area (Å²) in [5.41, 5.74) is 3.11. The Hall–Kier alpha value is -2.22. The zero-order chi connectivity index (χ0) is 23.8. The van der Waals surface area contributed by atoms with E-state index in [1.165, 1.54) is 6.08 Å². The summed E-state index contributed by atoms with van der Waals surface area (Å²) in [6, 6.07) is 0. The number of esters is 1. The molecule has 0 aromatic rings. The number of allylic oxidation sites excluding steroid dienone is 4. The summed E-state index contributed by atoms with van der Waals surface area (Å²) in [6.45, 7) is 6.92. The monoisotopic (exact) mass is 438 g/mol. The van der Waals surface area contributed by atoms with E-state index >= 15 is 0 Å². The third-order valence-electron chi connectivity index (χ3n) is 4.56. The molecule has 2 atom stereocenters. The number of carboxylic acids is 1. The van der Waals surface area contributed by atoms with E-state index in [2.05, 4.69) is 0 Å². The molecule has 2 unspecified atom stereocenters. The van der Waals surface area contributed by atoms with Crippen molar-refractivity contribution in [1.29, 1.82) is 0 Å². The molecular weight excluding hydrogens is 400 g/mol. The van der Waals surface area contributed by atoms with Crippen molar-refractivity contribution >= 4 is 11.9 Å². The molecule has 0 aliphatic heterocycles. The highest BCUT2D eigenvalue weighted by Crippen LogP contribution is 2.17. The molecular formula is C24H38O7. The Bertz CT molecular complexity index is 678. The van der Waals surface area contributed by atoms with Gasteiger partial charge in [-0.25, -0.2) is 0 Å². The van der Waals surface area contributed by atoms with Crippen molar-refractivity contribution in [2.45, 2.75) is 53.4 Å². The molecule has 0 heterocycles. The first-order chi connectivity index (χ1) is 14.6. The maximum atomic E-state index is 12.6. The smallest absolute Gasteiger partial charge is 0.313 e. The van der Waals surface area contributed by atoms with Gasteiger partial charge >= 0.3 is 11.9 Å². The molecule has 0 saturated carbocycles. The molecule has 31 heavy (non-hydrogen) atoms. The molecule has 0 bridgehead atoms. The van der Waals surface area contributed by atoms with Gasteiger partial charge in [0.2, 0.25) is 0 Å². The fourth-order valence-corrected chi connectivity index (χ4v) is 2.73. The summed E-state index contributed by atoms with van der Waals surface area (Å²) in [4.78, 5) is 24.0. The number of aliphatic carboxylic acids is 1. The maximum Gasteiger partial charge on any atom is 0.313 e. The van der Waals surface area contributed by atoms with Gasteiger partial charge in [0.05, 0.1) is 31.7 Å². The number of hydrogen-bond acceptors (Lipinski definition) is 6. The minimum atomic E-state index is -0.979. The lowest BCUT2D eigenvalue weighted by Crippen LogP contribution is -2.18. The third kappa shape index (κ3) is 13.6. The first-order valence-corrected chi connectivity index (χ1v) is 10.5. The van der Waals surface area contributed by atoms with Crippen LogP contribution < -0.4 is 0 Å². The fourth-order valence-electron chi connectivity index (χ4n) is 2.73. The Morgan fingerprint density at radius 3 is 1.74 bits per heavy atom. The van der Waals surface area contributed by atoms with Crippen molar-refractivity contribution in [1.82, 2.24) is 0 Å². The first kappa shape index (κ1) is 28.8. The zero-order valence-electron chi connectivity index (χ0n) is 19.1. The number of aliphatic hydroxyl groups excluding tert-OH is 3. The molecule has 0 fully saturated rings. The van der Waals surface area contributed by atoms with Crippen LogP contribution in [0.15, 0.2) is 46.6 Å². The summed E-state index contributed by atoms with van der Waals surface area (Å²) in [5.74, 6) is -2.81. The number of carbonyl (C=O) groups is 2. The van der Waals surface area contributed by atoms with Crippen LogP contribution in [-0.4, -0.2) is 58.8 Å². The number of hydrogen-bond donors (Lipinski definition) is 4. The lowest BCUT2D eigenvalue weighted by Gasteiger charge is -2.14. The van der Waals surface area contributed by atoms with Gasteiger partial charge in [-0.05, 0) is 58.1 Å². The molecule has 7 heteroatoms. The predicted octanol–water partition coefficient (Wildman–Crippen LogP) is 3.17. The summed E-state index contributed by atoms with van der Waals surface area (Å²) in [7, 11) is 0. The fraction of sp³-hybridized carbons (Fsp3) is 0.583. The SMILES string of the molecule is CC(C)=CCC(C=C(CO)CCOC(=O)C(C=C(CO)CCO)CC=C(C)C)C(=O)O. The van der Waals surface area contributed by atoms with Crippen LogP contribution in [0.3, 0.4) is 0 Å². The van der Waals surface area contributed by atoms with E-state index < -0.39 is 23.8 Å². The third-order valence-corrected chi connectivity index (χ3v) is 4.56. The van der Waals surface area contributed by atoms with Gasteiger partial charge in [0, 0.05) is 13.0 Å². The number of carbonyl (C=O) groups excluding carboxylic acids is 1. The minimum absolute atomic E-state index is 0.00777. The molecule has 0 radical (unpaired) electrons. The van der Waals surface area contributed by atoms with Crippen LogP contribution in [0, 0.1) is 11.8 Å². The molecule has 0 aliphatic carbocycles. The van der Waals surface area contributed by atoms with Crippen LogP contribution in [0.1, 0.15) is 53.4 Å². The van der Waals surface area contributed by atoms with Crippen molar-refractivity contribution in [3.63, 3.8) is 0 Å². The van der Waals surface area contributed by atoms with Crippen LogP contribution in [0.2, 0.25) is 0 Å². The Kier molecular flexibility index (Phi) is 15.3. The first-order valence-electron chi connectivity index (χ1n) is 10.5. The largest absolute Gasteiger partial charge is 0.481 e. The number of aliphatic hydroxyl groups is 3. The number of ether oxygens (including phenoxy) is 1. The normalized spacial score (nSPS) is 13.9. The second-order valence-corrected chi connectivity index (χ2v) is 7.94. The lowest BCUT2D eigenvalue weighted by atomic mass is 9.99. The second kappa shape index (κ2) is 16.5. The van der Waals surface area contributed by atoms with Crippen molar-refractivity contribution in [3.8, 4) is 0 Å². The van der Waals surface area contributed by atoms with Crippen molar-refractivity contribution in [2.75, 3.05) is 26.4 Å². The molecule has 0 amide bonds. The van der Waals surface area contributed by atoms with Gasteiger partial charge in [0.15, 0.2) is 0 Å². The van der Waals surface area contributed by atoms with Gasteiger partial charge in [-0.3, -0.25) is 9.59 Å². The Balaban J connectivity index is 5.17. The van der Waals surface area contributed by atoms with Crippen molar-refractivity contribution in [2.24, 2.45) is 11.8 Å². The van der Waals surface area contributed by atoms with E-state index in [4.69, 9.17) is 9.84 Å². The second-order valence-electron chi connectivity index (χ2n) is 7.94. The van der Waals surface area contributed by atoms with Crippen LogP contribution in [0.5, 0.6) is 0 Å². The van der Waals surface area contributed by atoms with Crippen LogP contribution in [0.25, 0.3) is 0 Å². The predicted molar refractivity (Wildman–Crippen MR) is 120 cm³/mol. The van der Waals surface area contributed by atoms with Crippen LogP contribution >= 0.6 is 0 Å². The zero-order valence-corrected chi connectivity index (χ0v) is 19.1. The van der Waals surface area contributed by atoms with E-state index in [1.54, 1.807) is 6.08 Å². The molecule has 0 aliphatic rings. The average Bonchev–Trinajstić information content (AvgIpc) is 2.71. The highest BCUT2D eigenvalue weighted by molar-refractivity contribution is 5.75. The summed E-state index contributed by atoms with van der Waals surface area (Å²) < 4.78 is 5.36. The van der Waals surface area contributed by atoms with Gasteiger partial charge in [0.1, 0.15) is 0 Å². The van der Waals surface area contributed by atoms with Gasteiger partial charge < -0.3 is 25.2 Å². The van der Waals surface area contributed by atoms with E-state index in [-0.39, 0.29) is 39.3 Å². The van der Waals surface area contributed by atoms with E-state index in [9.17, 15) is 24.9 Å². The molecule has 0 saturated heterocycles. The molecule has 0 aromatic heterocycles. The summed E-state index contributed by atoms with van der Waals surface area (Å²) in [6.07, 6.45) is 8.10. The topological polar surface area (TPSA) is 124 Å². The molecule has 0 rings (SSSR count). The van der Waals surface area contributed by atoms with Crippen molar-refractivity contribution < 1.29 is 34.8 Å².